The topological polar surface area (TPSA) is 40.6 Å². The quantitative estimate of drug-likeness (QED) is 0.829. The van der Waals surface area contributed by atoms with E-state index < -0.39 is 0 Å². The molecule has 0 spiro atoms. The van der Waals surface area contributed by atoms with Crippen LogP contribution in [0.4, 0.5) is 5.69 Å². The summed E-state index contributed by atoms with van der Waals surface area (Å²) in [5.74, 6) is -0.145. The minimum absolute atomic E-state index is 0.0450. The molecule has 1 unspecified atom stereocenters. The molecule has 134 valence electrons. The van der Waals surface area contributed by atoms with Gasteiger partial charge in [0.1, 0.15) is 0 Å². The van der Waals surface area contributed by atoms with Crippen molar-refractivity contribution in [3.63, 3.8) is 0 Å². The zero-order chi connectivity index (χ0) is 18.1. The van der Waals surface area contributed by atoms with Gasteiger partial charge >= 0.3 is 0 Å². The number of rotatable bonds is 3. The molecule has 2 aliphatic heterocycles. The lowest BCUT2D eigenvalue weighted by molar-refractivity contribution is -0.128. The minimum atomic E-state index is -0.263. The Morgan fingerprint density at radius 1 is 1.12 bits per heavy atom. The number of likely N-dealkylation sites (tertiary alicyclic amines) is 1. The first-order valence-corrected chi connectivity index (χ1v) is 9.41. The number of hydrogen-bond donors (Lipinski definition) is 0. The van der Waals surface area contributed by atoms with Crippen LogP contribution in [0.25, 0.3) is 0 Å². The molecular formula is C21H21ClN2O2. The van der Waals surface area contributed by atoms with E-state index in [4.69, 9.17) is 11.6 Å². The third kappa shape index (κ3) is 3.34. The summed E-state index contributed by atoms with van der Waals surface area (Å²) in [4.78, 5) is 29.2. The first kappa shape index (κ1) is 17.1. The third-order valence-electron chi connectivity index (χ3n) is 5.23. The number of carbonyl (C=O) groups excluding carboxylic acids is 2. The van der Waals surface area contributed by atoms with Crippen LogP contribution >= 0.6 is 11.6 Å². The van der Waals surface area contributed by atoms with Gasteiger partial charge in [-0.3, -0.25) is 9.59 Å². The molecule has 4 rings (SSSR count). The lowest BCUT2D eigenvalue weighted by Crippen LogP contribution is -2.40. The van der Waals surface area contributed by atoms with E-state index in [0.29, 0.717) is 24.5 Å². The van der Waals surface area contributed by atoms with E-state index in [9.17, 15) is 9.59 Å². The molecule has 1 atom stereocenters. The number of halogens is 1. The fourth-order valence-electron chi connectivity index (χ4n) is 3.88. The van der Waals surface area contributed by atoms with Crippen LogP contribution in [-0.4, -0.2) is 29.8 Å². The third-order valence-corrected chi connectivity index (χ3v) is 5.48. The molecule has 2 aromatic rings. The van der Waals surface area contributed by atoms with Crippen LogP contribution in [0.5, 0.6) is 0 Å². The van der Waals surface area contributed by atoms with Crippen molar-refractivity contribution in [2.24, 2.45) is 5.92 Å². The maximum absolute atomic E-state index is 13.1. The smallest absolute Gasteiger partial charge is 0.232 e. The lowest BCUT2D eigenvalue weighted by Gasteiger charge is -2.31. The van der Waals surface area contributed by atoms with Crippen LogP contribution < -0.4 is 4.90 Å². The van der Waals surface area contributed by atoms with Gasteiger partial charge in [0.2, 0.25) is 11.8 Å². The summed E-state index contributed by atoms with van der Waals surface area (Å²) in [6.45, 7) is 1.74. The van der Waals surface area contributed by atoms with Crippen molar-refractivity contribution in [2.75, 3.05) is 18.0 Å². The van der Waals surface area contributed by atoms with Crippen LogP contribution in [0.3, 0.4) is 0 Å². The summed E-state index contributed by atoms with van der Waals surface area (Å²) >= 11 is 5.92. The number of anilines is 1. The van der Waals surface area contributed by atoms with Gasteiger partial charge in [-0.25, -0.2) is 0 Å². The van der Waals surface area contributed by atoms with E-state index in [1.807, 2.05) is 47.4 Å². The second kappa shape index (κ2) is 7.12. The van der Waals surface area contributed by atoms with Crippen LogP contribution in [0.15, 0.2) is 48.5 Å². The van der Waals surface area contributed by atoms with Crippen molar-refractivity contribution in [3.05, 3.63) is 64.7 Å². The SMILES string of the molecule is O=C1CC(C(=O)N2CCCc3ccccc32)CN1Cc1ccc(Cl)cc1. The predicted octanol–water partition coefficient (Wildman–Crippen LogP) is 3.67. The molecule has 2 aromatic carbocycles. The summed E-state index contributed by atoms with van der Waals surface area (Å²) in [5, 5.41) is 0.679. The molecule has 0 N–H and O–H groups in total. The first-order chi connectivity index (χ1) is 12.6. The zero-order valence-corrected chi connectivity index (χ0v) is 15.3. The summed E-state index contributed by atoms with van der Waals surface area (Å²) in [5.41, 5.74) is 3.25. The number of fused-ring (bicyclic) bond motifs is 1. The van der Waals surface area contributed by atoms with Crippen molar-refractivity contribution in [1.29, 1.82) is 0 Å². The Balaban J connectivity index is 1.47. The minimum Gasteiger partial charge on any atom is -0.338 e. The zero-order valence-electron chi connectivity index (χ0n) is 14.5. The summed E-state index contributed by atoms with van der Waals surface area (Å²) in [6, 6.07) is 15.6. The van der Waals surface area contributed by atoms with Gasteiger partial charge in [-0.2, -0.15) is 0 Å². The molecule has 0 radical (unpaired) electrons. The van der Waals surface area contributed by atoms with Gasteiger partial charge in [0.05, 0.1) is 5.92 Å². The summed E-state index contributed by atoms with van der Waals surface area (Å²) in [6.07, 6.45) is 2.27. The van der Waals surface area contributed by atoms with E-state index in [0.717, 1.165) is 30.6 Å². The van der Waals surface area contributed by atoms with E-state index in [1.54, 1.807) is 4.90 Å². The monoisotopic (exact) mass is 368 g/mol. The highest BCUT2D eigenvalue weighted by Crippen LogP contribution is 2.30. The number of nitrogens with zero attached hydrogens (tertiary/aromatic N) is 2. The Hall–Kier alpha value is -2.33. The maximum atomic E-state index is 13.1. The Morgan fingerprint density at radius 2 is 1.88 bits per heavy atom. The van der Waals surface area contributed by atoms with E-state index in [1.165, 1.54) is 5.56 Å². The molecule has 2 heterocycles. The van der Waals surface area contributed by atoms with Crippen molar-refractivity contribution < 1.29 is 9.59 Å². The highest BCUT2D eigenvalue weighted by Gasteiger charge is 2.37. The highest BCUT2D eigenvalue weighted by molar-refractivity contribution is 6.30. The van der Waals surface area contributed by atoms with Gasteiger partial charge in [0.25, 0.3) is 0 Å². The second-order valence-corrected chi connectivity index (χ2v) is 7.46. The Kier molecular flexibility index (Phi) is 4.68. The van der Waals surface area contributed by atoms with Crippen LogP contribution in [0, 0.1) is 5.92 Å². The second-order valence-electron chi connectivity index (χ2n) is 7.02. The summed E-state index contributed by atoms with van der Waals surface area (Å²) in [7, 11) is 0. The van der Waals surface area contributed by atoms with Crippen LogP contribution in [0.2, 0.25) is 5.02 Å². The van der Waals surface area contributed by atoms with E-state index in [2.05, 4.69) is 6.07 Å². The van der Waals surface area contributed by atoms with Crippen LogP contribution in [0.1, 0.15) is 24.0 Å². The van der Waals surface area contributed by atoms with Gasteiger partial charge in [0.15, 0.2) is 0 Å². The molecule has 2 amide bonds. The first-order valence-electron chi connectivity index (χ1n) is 9.03. The van der Waals surface area contributed by atoms with Crippen molar-refractivity contribution in [1.82, 2.24) is 4.90 Å². The fourth-order valence-corrected chi connectivity index (χ4v) is 4.01. The molecule has 0 aliphatic carbocycles. The van der Waals surface area contributed by atoms with Crippen molar-refractivity contribution in [2.45, 2.75) is 25.8 Å². The molecule has 0 saturated carbocycles. The number of benzene rings is 2. The standard InChI is InChI=1S/C21H21ClN2O2/c22-18-9-7-15(8-10-18)13-23-14-17(12-20(23)25)21(26)24-11-3-5-16-4-1-2-6-19(16)24/h1-2,4,6-10,17H,3,5,11-14H2. The van der Waals surface area contributed by atoms with Gasteiger partial charge in [-0.15, -0.1) is 0 Å². The maximum Gasteiger partial charge on any atom is 0.232 e. The van der Waals surface area contributed by atoms with Gasteiger partial charge in [-0.1, -0.05) is 41.9 Å². The fraction of sp³-hybridized carbons (Fsp3) is 0.333. The van der Waals surface area contributed by atoms with Crippen LogP contribution in [-0.2, 0) is 22.6 Å². The number of hydrogen-bond acceptors (Lipinski definition) is 2. The Bertz CT molecular complexity index is 834. The molecule has 2 aliphatic rings. The number of carbonyl (C=O) groups is 2. The van der Waals surface area contributed by atoms with Gasteiger partial charge < -0.3 is 9.80 Å². The van der Waals surface area contributed by atoms with E-state index >= 15 is 0 Å². The predicted molar refractivity (Wildman–Crippen MR) is 102 cm³/mol. The molecule has 0 bridgehead atoms. The Labute approximate surface area is 158 Å². The van der Waals surface area contributed by atoms with Gasteiger partial charge in [-0.05, 0) is 42.2 Å². The summed E-state index contributed by atoms with van der Waals surface area (Å²) < 4.78 is 0. The number of amides is 2. The highest BCUT2D eigenvalue weighted by atomic mass is 35.5. The molecule has 1 fully saturated rings. The number of aryl methyl sites for hydroxylation is 1. The van der Waals surface area contributed by atoms with E-state index in [-0.39, 0.29) is 17.7 Å². The normalized spacial score (nSPS) is 19.6. The van der Waals surface area contributed by atoms with Crippen molar-refractivity contribution in [3.8, 4) is 0 Å². The molecular weight excluding hydrogens is 348 g/mol. The van der Waals surface area contributed by atoms with Crippen molar-refractivity contribution >= 4 is 29.1 Å². The molecule has 5 heteroatoms. The molecule has 0 aromatic heterocycles. The lowest BCUT2D eigenvalue weighted by atomic mass is 9.99. The van der Waals surface area contributed by atoms with Gasteiger partial charge in [0, 0.05) is 36.8 Å². The Morgan fingerprint density at radius 3 is 2.69 bits per heavy atom. The number of para-hydroxylation sites is 1. The average Bonchev–Trinajstić information content (AvgIpc) is 3.03. The molecule has 1 saturated heterocycles. The molecule has 4 nitrogen and oxygen atoms in total. The average molecular weight is 369 g/mol. The largest absolute Gasteiger partial charge is 0.338 e. The molecule has 26 heavy (non-hydrogen) atoms.